The predicted molar refractivity (Wildman–Crippen MR) is 97.5 cm³/mol. The number of halogens is 2. The molecular formula is C21H13F2NO3. The fourth-order valence-corrected chi connectivity index (χ4v) is 3.48. The maximum Gasteiger partial charge on any atom is 0.270 e. The summed E-state index contributed by atoms with van der Waals surface area (Å²) in [6, 6.07) is 11.9. The second-order valence-electron chi connectivity index (χ2n) is 6.72. The highest BCUT2D eigenvalue weighted by Crippen LogP contribution is 2.41. The van der Waals surface area contributed by atoms with E-state index in [0.29, 0.717) is 11.3 Å². The van der Waals surface area contributed by atoms with Crippen LogP contribution in [0.3, 0.4) is 0 Å². The molecule has 0 bridgehead atoms. The number of hydrogen-bond donors (Lipinski definition) is 0. The second-order valence-corrected chi connectivity index (χ2v) is 6.72. The molecule has 4 aromatic rings. The van der Waals surface area contributed by atoms with E-state index in [2.05, 4.69) is 0 Å². The molecule has 0 unspecified atom stereocenters. The van der Waals surface area contributed by atoms with Gasteiger partial charge in [0.1, 0.15) is 16.6 Å². The maximum atomic E-state index is 14.4. The molecule has 5 rings (SSSR count). The summed E-state index contributed by atoms with van der Waals surface area (Å²) < 4.78 is 35.1. The van der Waals surface area contributed by atoms with Gasteiger partial charge >= 0.3 is 0 Å². The predicted octanol–water partition coefficient (Wildman–Crippen LogP) is 4.25. The van der Waals surface area contributed by atoms with Gasteiger partial charge in [0.05, 0.1) is 11.1 Å². The van der Waals surface area contributed by atoms with Crippen molar-refractivity contribution in [2.24, 2.45) is 0 Å². The highest BCUT2D eigenvalue weighted by atomic mass is 19.2. The minimum atomic E-state index is -1.12. The van der Waals surface area contributed by atoms with E-state index in [9.17, 15) is 18.4 Å². The molecule has 0 amide bonds. The topological polar surface area (TPSA) is 52.2 Å². The van der Waals surface area contributed by atoms with E-state index in [0.717, 1.165) is 23.5 Å². The highest BCUT2D eigenvalue weighted by Gasteiger charge is 2.30. The zero-order valence-corrected chi connectivity index (χ0v) is 14.0. The maximum absolute atomic E-state index is 14.4. The molecule has 0 radical (unpaired) electrons. The lowest BCUT2D eigenvalue weighted by Gasteiger charge is -2.15. The summed E-state index contributed by atoms with van der Waals surface area (Å²) >= 11 is 0. The Kier molecular flexibility index (Phi) is 3.31. The van der Waals surface area contributed by atoms with Gasteiger partial charge in [-0.2, -0.15) is 0 Å². The van der Waals surface area contributed by atoms with Gasteiger partial charge in [-0.05, 0) is 43.0 Å². The van der Waals surface area contributed by atoms with Crippen LogP contribution in [0.15, 0.2) is 62.5 Å². The van der Waals surface area contributed by atoms with E-state index >= 15 is 0 Å². The van der Waals surface area contributed by atoms with Crippen molar-refractivity contribution in [2.75, 3.05) is 0 Å². The van der Waals surface area contributed by atoms with E-state index in [-0.39, 0.29) is 28.0 Å². The Labute approximate surface area is 151 Å². The SMILES string of the molecule is O=c1c2ccccc2oc2cc(C3CC3)n(-c3cccc(F)c3F)c(=O)c12. The number of benzene rings is 2. The molecule has 2 aromatic heterocycles. The fourth-order valence-electron chi connectivity index (χ4n) is 3.48. The summed E-state index contributed by atoms with van der Waals surface area (Å²) in [5, 5.41) is 0.106. The van der Waals surface area contributed by atoms with Gasteiger partial charge < -0.3 is 4.42 Å². The molecule has 1 fully saturated rings. The van der Waals surface area contributed by atoms with E-state index < -0.39 is 22.6 Å². The van der Waals surface area contributed by atoms with Crippen LogP contribution < -0.4 is 11.0 Å². The highest BCUT2D eigenvalue weighted by molar-refractivity contribution is 5.89. The largest absolute Gasteiger partial charge is 0.456 e. The van der Waals surface area contributed by atoms with E-state index in [1.54, 1.807) is 30.3 Å². The Balaban J connectivity index is 1.97. The lowest BCUT2D eigenvalue weighted by atomic mass is 10.1. The fraction of sp³-hybridized carbons (Fsp3) is 0.143. The first kappa shape index (κ1) is 15.9. The van der Waals surface area contributed by atoms with Crippen molar-refractivity contribution in [1.29, 1.82) is 0 Å². The molecule has 0 atom stereocenters. The van der Waals surface area contributed by atoms with Crippen molar-refractivity contribution in [3.63, 3.8) is 0 Å². The van der Waals surface area contributed by atoms with Crippen LogP contribution in [0.25, 0.3) is 27.6 Å². The summed E-state index contributed by atoms with van der Waals surface area (Å²) in [6.45, 7) is 0. The van der Waals surface area contributed by atoms with Gasteiger partial charge in [0, 0.05) is 11.8 Å². The van der Waals surface area contributed by atoms with E-state index in [1.807, 2.05) is 0 Å². The van der Waals surface area contributed by atoms with Gasteiger partial charge in [0.2, 0.25) is 5.43 Å². The first-order chi connectivity index (χ1) is 13.1. The number of aromatic nitrogens is 1. The number of para-hydroxylation sites is 1. The average Bonchev–Trinajstić information content (AvgIpc) is 3.49. The van der Waals surface area contributed by atoms with Gasteiger partial charge in [-0.25, -0.2) is 8.78 Å². The first-order valence-electron chi connectivity index (χ1n) is 8.62. The monoisotopic (exact) mass is 365 g/mol. The molecule has 6 heteroatoms. The third-order valence-electron chi connectivity index (χ3n) is 4.95. The van der Waals surface area contributed by atoms with E-state index in [4.69, 9.17) is 4.42 Å². The number of fused-ring (bicyclic) bond motifs is 2. The van der Waals surface area contributed by atoms with E-state index in [1.165, 1.54) is 12.1 Å². The first-order valence-corrected chi connectivity index (χ1v) is 8.62. The van der Waals surface area contributed by atoms with Crippen LogP contribution in [0.1, 0.15) is 24.5 Å². The lowest BCUT2D eigenvalue weighted by Crippen LogP contribution is -2.27. The van der Waals surface area contributed by atoms with Gasteiger partial charge in [0.15, 0.2) is 11.6 Å². The van der Waals surface area contributed by atoms with Crippen molar-refractivity contribution >= 4 is 21.9 Å². The van der Waals surface area contributed by atoms with Gasteiger partial charge in [-0.1, -0.05) is 18.2 Å². The van der Waals surface area contributed by atoms with Gasteiger partial charge in [-0.3, -0.25) is 14.2 Å². The Morgan fingerprint density at radius 2 is 1.74 bits per heavy atom. The molecular weight excluding hydrogens is 352 g/mol. The summed E-state index contributed by atoms with van der Waals surface area (Å²) in [6.07, 6.45) is 1.67. The lowest BCUT2D eigenvalue weighted by molar-refractivity contribution is 0.502. The third-order valence-corrected chi connectivity index (χ3v) is 4.95. The van der Waals surface area contributed by atoms with Crippen molar-refractivity contribution in [1.82, 2.24) is 4.57 Å². The van der Waals surface area contributed by atoms with Crippen LogP contribution in [0.2, 0.25) is 0 Å². The molecule has 134 valence electrons. The molecule has 0 aliphatic heterocycles. The second kappa shape index (κ2) is 5.61. The molecule has 2 aromatic carbocycles. The summed E-state index contributed by atoms with van der Waals surface area (Å²) in [4.78, 5) is 26.1. The van der Waals surface area contributed by atoms with Gasteiger partial charge in [0.25, 0.3) is 5.56 Å². The molecule has 0 saturated heterocycles. The van der Waals surface area contributed by atoms with Gasteiger partial charge in [-0.15, -0.1) is 0 Å². The molecule has 0 N–H and O–H groups in total. The summed E-state index contributed by atoms with van der Waals surface area (Å²) in [5.74, 6) is -2.13. The Bertz CT molecular complexity index is 1350. The minimum absolute atomic E-state index is 0.0431. The summed E-state index contributed by atoms with van der Waals surface area (Å²) in [5.41, 5.74) is -0.306. The van der Waals surface area contributed by atoms with Crippen LogP contribution in [-0.4, -0.2) is 4.57 Å². The van der Waals surface area contributed by atoms with Crippen LogP contribution in [0.4, 0.5) is 8.78 Å². The molecule has 1 aliphatic rings. The standard InChI is InChI=1S/C21H13F2NO3/c22-13-5-3-6-14(19(13)23)24-15(11-8-9-11)10-17-18(21(24)26)20(25)12-4-1-2-7-16(12)27-17/h1-7,10-11H,8-9H2. The van der Waals surface area contributed by atoms with Crippen LogP contribution in [-0.2, 0) is 0 Å². The zero-order chi connectivity index (χ0) is 18.7. The number of pyridine rings is 1. The molecule has 1 saturated carbocycles. The van der Waals surface area contributed by atoms with Crippen molar-refractivity contribution < 1.29 is 13.2 Å². The molecule has 1 aliphatic carbocycles. The summed E-state index contributed by atoms with van der Waals surface area (Å²) in [7, 11) is 0. The van der Waals surface area contributed by atoms with Crippen LogP contribution in [0.5, 0.6) is 0 Å². The van der Waals surface area contributed by atoms with Crippen molar-refractivity contribution in [3.8, 4) is 5.69 Å². The van der Waals surface area contributed by atoms with Crippen LogP contribution in [0, 0.1) is 11.6 Å². The molecule has 2 heterocycles. The van der Waals surface area contributed by atoms with Crippen LogP contribution >= 0.6 is 0 Å². The third kappa shape index (κ3) is 2.33. The van der Waals surface area contributed by atoms with Crippen molar-refractivity contribution in [3.05, 3.63) is 86.4 Å². The minimum Gasteiger partial charge on any atom is -0.456 e. The Morgan fingerprint density at radius 3 is 2.52 bits per heavy atom. The average molecular weight is 365 g/mol. The quantitative estimate of drug-likeness (QED) is 0.499. The van der Waals surface area contributed by atoms with Crippen molar-refractivity contribution in [2.45, 2.75) is 18.8 Å². The normalized spacial score (nSPS) is 14.1. The molecule has 27 heavy (non-hydrogen) atoms. The Morgan fingerprint density at radius 1 is 0.963 bits per heavy atom. The molecule has 0 spiro atoms. The number of nitrogens with zero attached hydrogens (tertiary/aromatic N) is 1. The Hall–Kier alpha value is -3.28. The zero-order valence-electron chi connectivity index (χ0n) is 14.0. The number of rotatable bonds is 2. The number of hydrogen-bond acceptors (Lipinski definition) is 3. The smallest absolute Gasteiger partial charge is 0.270 e. The molecule has 4 nitrogen and oxygen atoms in total.